The molecule has 0 spiro atoms. The molecule has 1 amide bonds. The van der Waals surface area contributed by atoms with Gasteiger partial charge in [0.05, 0.1) is 11.0 Å². The second kappa shape index (κ2) is 6.71. The summed E-state index contributed by atoms with van der Waals surface area (Å²) >= 11 is 5.63. The molecular formula is C12H12ClN3O3. The first-order valence-corrected chi connectivity index (χ1v) is 5.95. The summed E-state index contributed by atoms with van der Waals surface area (Å²) in [5.74, 6) is 1.78. The predicted molar refractivity (Wildman–Crippen MR) is 70.9 cm³/mol. The van der Waals surface area contributed by atoms with Gasteiger partial charge in [-0.3, -0.25) is 14.9 Å². The first kappa shape index (κ1) is 14.9. The third-order valence-electron chi connectivity index (χ3n) is 2.39. The van der Waals surface area contributed by atoms with Crippen molar-refractivity contribution < 1.29 is 9.72 Å². The van der Waals surface area contributed by atoms with Crippen molar-refractivity contribution in [2.45, 2.75) is 25.8 Å². The van der Waals surface area contributed by atoms with Gasteiger partial charge in [0.1, 0.15) is 5.56 Å². The quantitative estimate of drug-likeness (QED) is 0.388. The van der Waals surface area contributed by atoms with Gasteiger partial charge >= 0.3 is 5.69 Å². The molecule has 6 nitrogen and oxygen atoms in total. The van der Waals surface area contributed by atoms with E-state index in [0.29, 0.717) is 6.42 Å². The van der Waals surface area contributed by atoms with Crippen LogP contribution in [0.3, 0.4) is 0 Å². The summed E-state index contributed by atoms with van der Waals surface area (Å²) in [6.07, 6.45) is 7.89. The van der Waals surface area contributed by atoms with Gasteiger partial charge in [-0.15, -0.1) is 6.42 Å². The summed E-state index contributed by atoms with van der Waals surface area (Å²) in [5, 5.41) is 13.1. The van der Waals surface area contributed by atoms with Crippen molar-refractivity contribution in [1.82, 2.24) is 10.3 Å². The average Bonchev–Trinajstić information content (AvgIpc) is 2.37. The van der Waals surface area contributed by atoms with Crippen LogP contribution in [0.15, 0.2) is 12.3 Å². The molecule has 0 saturated carbocycles. The van der Waals surface area contributed by atoms with Crippen LogP contribution < -0.4 is 5.32 Å². The minimum Gasteiger partial charge on any atom is -0.338 e. The van der Waals surface area contributed by atoms with Crippen molar-refractivity contribution in [3.05, 3.63) is 33.1 Å². The summed E-state index contributed by atoms with van der Waals surface area (Å²) in [4.78, 5) is 25.7. The zero-order chi connectivity index (χ0) is 14.4. The average molecular weight is 282 g/mol. The van der Waals surface area contributed by atoms with Gasteiger partial charge < -0.3 is 5.32 Å². The Kier molecular flexibility index (Phi) is 5.27. The third kappa shape index (κ3) is 3.66. The number of pyridine rings is 1. The Hall–Kier alpha value is -2.13. The van der Waals surface area contributed by atoms with Crippen LogP contribution in [0.2, 0.25) is 5.15 Å². The van der Waals surface area contributed by atoms with Gasteiger partial charge in [-0.05, 0) is 12.5 Å². The Balaban J connectivity index is 3.04. The molecule has 0 fully saturated rings. The lowest BCUT2D eigenvalue weighted by molar-refractivity contribution is -0.385. The molecule has 0 bridgehead atoms. The van der Waals surface area contributed by atoms with Gasteiger partial charge in [-0.1, -0.05) is 30.9 Å². The molecule has 0 radical (unpaired) electrons. The molecule has 1 aromatic heterocycles. The Morgan fingerprint density at radius 3 is 2.95 bits per heavy atom. The molecule has 0 saturated heterocycles. The van der Waals surface area contributed by atoms with Gasteiger partial charge in [0, 0.05) is 6.20 Å². The van der Waals surface area contributed by atoms with Crippen LogP contribution in [0.1, 0.15) is 30.1 Å². The molecule has 1 heterocycles. The number of rotatable bonds is 5. The van der Waals surface area contributed by atoms with E-state index in [1.54, 1.807) is 0 Å². The lowest BCUT2D eigenvalue weighted by atomic mass is 10.1. The predicted octanol–water partition coefficient (Wildman–Crippen LogP) is 2.17. The number of nitrogens with zero attached hydrogens (tertiary/aromatic N) is 2. The summed E-state index contributed by atoms with van der Waals surface area (Å²) < 4.78 is 0. The standard InChI is InChI=1S/C12H12ClN3O3/c1-3-5-8(4-2)15-12(17)9-6-7-14-11(13)10(9)16(18)19/h2,6-8H,3,5H2,1H3,(H,15,17). The molecular weight excluding hydrogens is 270 g/mol. The number of amides is 1. The zero-order valence-corrected chi connectivity index (χ0v) is 11.0. The van der Waals surface area contributed by atoms with Crippen molar-refractivity contribution in [1.29, 1.82) is 0 Å². The molecule has 1 rings (SSSR count). The van der Waals surface area contributed by atoms with E-state index in [1.807, 2.05) is 6.92 Å². The fraction of sp³-hybridized carbons (Fsp3) is 0.333. The van der Waals surface area contributed by atoms with E-state index in [0.717, 1.165) is 6.42 Å². The van der Waals surface area contributed by atoms with Crippen molar-refractivity contribution in [2.75, 3.05) is 0 Å². The van der Waals surface area contributed by atoms with Gasteiger partial charge in [0.15, 0.2) is 0 Å². The third-order valence-corrected chi connectivity index (χ3v) is 2.67. The molecule has 1 aromatic rings. The van der Waals surface area contributed by atoms with Gasteiger partial charge in [-0.2, -0.15) is 0 Å². The molecule has 1 unspecified atom stereocenters. The molecule has 0 aliphatic rings. The fourth-order valence-electron chi connectivity index (χ4n) is 1.51. The number of carbonyl (C=O) groups excluding carboxylic acids is 1. The Morgan fingerprint density at radius 2 is 2.42 bits per heavy atom. The Bertz CT molecular complexity index is 540. The SMILES string of the molecule is C#CC(CCC)NC(=O)c1ccnc(Cl)c1[N+](=O)[O-]. The van der Waals surface area contributed by atoms with Crippen molar-refractivity contribution in [2.24, 2.45) is 0 Å². The maximum atomic E-state index is 12.0. The maximum Gasteiger partial charge on any atom is 0.319 e. The molecule has 7 heteroatoms. The lowest BCUT2D eigenvalue weighted by Gasteiger charge is -2.12. The van der Waals surface area contributed by atoms with Crippen molar-refractivity contribution in [3.63, 3.8) is 0 Å². The van der Waals surface area contributed by atoms with E-state index < -0.39 is 22.6 Å². The van der Waals surface area contributed by atoms with E-state index in [4.69, 9.17) is 18.0 Å². The van der Waals surface area contributed by atoms with E-state index in [-0.39, 0.29) is 10.7 Å². The van der Waals surface area contributed by atoms with Gasteiger partial charge in [-0.25, -0.2) is 4.98 Å². The van der Waals surface area contributed by atoms with Crippen LogP contribution in [-0.4, -0.2) is 21.9 Å². The van der Waals surface area contributed by atoms with Crippen LogP contribution in [0, 0.1) is 22.5 Å². The minimum absolute atomic E-state index is 0.152. The van der Waals surface area contributed by atoms with Crippen LogP contribution in [-0.2, 0) is 0 Å². The van der Waals surface area contributed by atoms with E-state index in [1.165, 1.54) is 12.3 Å². The van der Waals surface area contributed by atoms with Crippen LogP contribution in [0.25, 0.3) is 0 Å². The molecule has 0 aliphatic heterocycles. The topological polar surface area (TPSA) is 85.1 Å². The Morgan fingerprint density at radius 1 is 1.74 bits per heavy atom. The number of aromatic nitrogens is 1. The smallest absolute Gasteiger partial charge is 0.319 e. The van der Waals surface area contributed by atoms with Crippen molar-refractivity contribution >= 4 is 23.2 Å². The van der Waals surface area contributed by atoms with Gasteiger partial charge in [0.2, 0.25) is 5.15 Å². The lowest BCUT2D eigenvalue weighted by Crippen LogP contribution is -2.34. The molecule has 1 N–H and O–H groups in total. The number of nitrogens with one attached hydrogen (secondary N) is 1. The molecule has 1 atom stereocenters. The van der Waals surface area contributed by atoms with Crippen LogP contribution >= 0.6 is 11.6 Å². The van der Waals surface area contributed by atoms with E-state index >= 15 is 0 Å². The largest absolute Gasteiger partial charge is 0.338 e. The zero-order valence-electron chi connectivity index (χ0n) is 10.2. The number of hydrogen-bond donors (Lipinski definition) is 1. The number of hydrogen-bond acceptors (Lipinski definition) is 4. The second-order valence-electron chi connectivity index (χ2n) is 3.74. The highest BCUT2D eigenvalue weighted by Gasteiger charge is 2.25. The monoisotopic (exact) mass is 281 g/mol. The highest BCUT2D eigenvalue weighted by Crippen LogP contribution is 2.25. The summed E-state index contributed by atoms with van der Waals surface area (Å²) in [6, 6.07) is 0.767. The van der Waals surface area contributed by atoms with Crippen LogP contribution in [0.4, 0.5) is 5.69 Å². The minimum atomic E-state index is -0.741. The maximum absolute atomic E-state index is 12.0. The number of terminal acetylenes is 1. The highest BCUT2D eigenvalue weighted by molar-refractivity contribution is 6.32. The molecule has 100 valence electrons. The number of carbonyl (C=O) groups is 1. The summed E-state index contributed by atoms with van der Waals surface area (Å²) in [5.41, 5.74) is -0.671. The van der Waals surface area contributed by atoms with Crippen LogP contribution in [0.5, 0.6) is 0 Å². The first-order valence-electron chi connectivity index (χ1n) is 5.57. The van der Waals surface area contributed by atoms with E-state index in [9.17, 15) is 14.9 Å². The summed E-state index contributed by atoms with van der Waals surface area (Å²) in [7, 11) is 0. The first-order chi connectivity index (χ1) is 9.01. The Labute approximate surface area is 115 Å². The number of nitro groups is 1. The summed E-state index contributed by atoms with van der Waals surface area (Å²) in [6.45, 7) is 1.92. The number of halogens is 1. The second-order valence-corrected chi connectivity index (χ2v) is 4.09. The van der Waals surface area contributed by atoms with Crippen molar-refractivity contribution in [3.8, 4) is 12.3 Å². The molecule has 19 heavy (non-hydrogen) atoms. The highest BCUT2D eigenvalue weighted by atomic mass is 35.5. The normalized spacial score (nSPS) is 11.4. The fourth-order valence-corrected chi connectivity index (χ4v) is 1.73. The van der Waals surface area contributed by atoms with E-state index in [2.05, 4.69) is 16.2 Å². The molecule has 0 aliphatic carbocycles. The molecule has 0 aromatic carbocycles. The van der Waals surface area contributed by atoms with Gasteiger partial charge in [0.25, 0.3) is 5.91 Å².